The van der Waals surface area contributed by atoms with Crippen LogP contribution in [0.2, 0.25) is 0 Å². The Labute approximate surface area is 194 Å². The number of aliphatic hydroxyl groups excluding tert-OH is 5. The Hall–Kier alpha value is -1.87. The van der Waals surface area contributed by atoms with Gasteiger partial charge in [0.1, 0.15) is 35.8 Å². The Morgan fingerprint density at radius 3 is 2.41 bits per heavy atom. The monoisotopic (exact) mass is 492 g/mol. The van der Waals surface area contributed by atoms with Gasteiger partial charge in [0.2, 0.25) is 0 Å². The summed E-state index contributed by atoms with van der Waals surface area (Å²) in [6, 6.07) is 4.08. The number of nitrogens with zero attached hydrogens (tertiary/aromatic N) is 1. The zero-order valence-corrected chi connectivity index (χ0v) is 19.4. The van der Waals surface area contributed by atoms with Gasteiger partial charge in [-0.3, -0.25) is 0 Å². The van der Waals surface area contributed by atoms with Crippen molar-refractivity contribution in [2.45, 2.75) is 35.8 Å². The molecule has 6 atom stereocenters. The molecule has 1 saturated heterocycles. The first-order valence-corrected chi connectivity index (χ1v) is 11.0. The van der Waals surface area contributed by atoms with Crippen molar-refractivity contribution >= 4 is 40.7 Å². The molecule has 1 heterocycles. The molecular weight excluding hydrogens is 464 g/mol. The van der Waals surface area contributed by atoms with Crippen molar-refractivity contribution in [1.82, 2.24) is 4.90 Å². The summed E-state index contributed by atoms with van der Waals surface area (Å²) in [7, 11) is 4.19. The van der Waals surface area contributed by atoms with E-state index in [-0.39, 0.29) is 10.9 Å². The van der Waals surface area contributed by atoms with Gasteiger partial charge in [0, 0.05) is 17.5 Å². The molecule has 0 radical (unpaired) electrons. The van der Waals surface area contributed by atoms with E-state index in [4.69, 9.17) is 31.5 Å². The third kappa shape index (κ3) is 5.73. The van der Waals surface area contributed by atoms with Crippen molar-refractivity contribution < 1.29 is 44.5 Å². The standard InChI is InChI=1S/C19H28N2O9S2/c1-28-12-5-4-9(6-13(12)29-2)20-19(31)21-10(18(27)30-3)8-32-17(21)16(26)15(25)14(24)11(23)7-22/h4-6,10-11,14-17,22-26H,7-8H2,1-3H3,(H,20,31)/t10-,11-,14-,15+,16-,17?/m0/s1. The second-order valence-corrected chi connectivity index (χ2v) is 8.43. The van der Waals surface area contributed by atoms with E-state index in [9.17, 15) is 25.2 Å². The number of hydrogen-bond donors (Lipinski definition) is 6. The van der Waals surface area contributed by atoms with E-state index in [1.807, 2.05) is 0 Å². The number of anilines is 1. The molecule has 1 aromatic carbocycles. The maximum Gasteiger partial charge on any atom is 0.329 e. The Morgan fingerprint density at radius 1 is 1.19 bits per heavy atom. The van der Waals surface area contributed by atoms with Gasteiger partial charge in [-0.15, -0.1) is 11.8 Å². The van der Waals surface area contributed by atoms with E-state index < -0.39 is 48.4 Å². The number of hydrogen-bond acceptors (Lipinski definition) is 11. The van der Waals surface area contributed by atoms with Gasteiger partial charge in [0.05, 0.1) is 27.9 Å². The molecule has 0 aromatic heterocycles. The molecule has 2 rings (SSSR count). The van der Waals surface area contributed by atoms with Gasteiger partial charge in [-0.25, -0.2) is 4.79 Å². The maximum atomic E-state index is 12.3. The van der Waals surface area contributed by atoms with E-state index in [1.54, 1.807) is 18.2 Å². The molecule has 0 bridgehead atoms. The predicted molar refractivity (Wildman–Crippen MR) is 121 cm³/mol. The zero-order chi connectivity index (χ0) is 24.0. The van der Waals surface area contributed by atoms with Crippen LogP contribution in [0.1, 0.15) is 0 Å². The average molecular weight is 493 g/mol. The van der Waals surface area contributed by atoms with Crippen LogP contribution < -0.4 is 14.8 Å². The first kappa shape index (κ1) is 26.4. The van der Waals surface area contributed by atoms with Gasteiger partial charge in [-0.2, -0.15) is 0 Å². The quantitative estimate of drug-likeness (QED) is 0.179. The Balaban J connectivity index is 2.29. The lowest BCUT2D eigenvalue weighted by atomic mass is 10.0. The van der Waals surface area contributed by atoms with Crippen LogP contribution in [0, 0.1) is 0 Å². The lowest BCUT2D eigenvalue weighted by Gasteiger charge is -2.36. The van der Waals surface area contributed by atoms with Gasteiger partial charge in [-0.05, 0) is 24.4 Å². The fourth-order valence-corrected chi connectivity index (χ4v) is 5.05. The highest BCUT2D eigenvalue weighted by atomic mass is 32.2. The van der Waals surface area contributed by atoms with Crippen molar-refractivity contribution in [3.8, 4) is 11.5 Å². The summed E-state index contributed by atoms with van der Waals surface area (Å²) in [4.78, 5) is 13.7. The molecule has 1 aromatic rings. The van der Waals surface area contributed by atoms with Crippen molar-refractivity contribution in [1.29, 1.82) is 0 Å². The summed E-state index contributed by atoms with van der Waals surface area (Å²) in [5, 5.41) is 51.7. The normalized spacial score (nSPS) is 21.9. The largest absolute Gasteiger partial charge is 0.493 e. The highest BCUT2D eigenvalue weighted by molar-refractivity contribution is 8.00. The van der Waals surface area contributed by atoms with Crippen LogP contribution in [-0.4, -0.2) is 111 Å². The Morgan fingerprint density at radius 2 is 1.84 bits per heavy atom. The van der Waals surface area contributed by atoms with Crippen LogP contribution in [-0.2, 0) is 9.53 Å². The molecule has 11 nitrogen and oxygen atoms in total. The fraction of sp³-hybridized carbons (Fsp3) is 0.579. The van der Waals surface area contributed by atoms with E-state index in [2.05, 4.69) is 5.32 Å². The second kappa shape index (κ2) is 11.8. The van der Waals surface area contributed by atoms with Crippen molar-refractivity contribution in [3.05, 3.63) is 18.2 Å². The highest BCUT2D eigenvalue weighted by Crippen LogP contribution is 2.35. The number of esters is 1. The lowest BCUT2D eigenvalue weighted by molar-refractivity contribution is -0.146. The van der Waals surface area contributed by atoms with Crippen LogP contribution >= 0.6 is 24.0 Å². The number of ether oxygens (including phenoxy) is 3. The molecule has 0 aliphatic carbocycles. The van der Waals surface area contributed by atoms with Crippen molar-refractivity contribution in [2.24, 2.45) is 0 Å². The Bertz CT molecular complexity index is 800. The SMILES string of the molecule is COC(=O)[C@@H]1CSC([C@@H](O)[C@H](O)[C@@H](O)[C@@H](O)CO)N1C(=S)Nc1ccc(OC)c(OC)c1. The molecule has 180 valence electrons. The third-order valence-corrected chi connectivity index (χ3v) is 6.62. The summed E-state index contributed by atoms with van der Waals surface area (Å²) in [5.74, 6) is 0.525. The molecule has 1 unspecified atom stereocenters. The van der Waals surface area contributed by atoms with Crippen molar-refractivity contribution in [3.63, 3.8) is 0 Å². The summed E-state index contributed by atoms with van der Waals surface area (Å²) in [6.45, 7) is -0.809. The molecule has 6 N–H and O–H groups in total. The van der Waals surface area contributed by atoms with Crippen LogP contribution in [0.5, 0.6) is 11.5 Å². The first-order chi connectivity index (χ1) is 15.2. The van der Waals surface area contributed by atoms with Crippen LogP contribution in [0.15, 0.2) is 18.2 Å². The first-order valence-electron chi connectivity index (χ1n) is 9.54. The number of benzene rings is 1. The predicted octanol–water partition coefficient (Wildman–Crippen LogP) is -1.25. The van der Waals surface area contributed by atoms with Gasteiger partial charge in [0.25, 0.3) is 0 Å². The number of carbonyl (C=O) groups is 1. The van der Waals surface area contributed by atoms with E-state index in [0.717, 1.165) is 11.8 Å². The zero-order valence-electron chi connectivity index (χ0n) is 17.7. The molecule has 1 aliphatic heterocycles. The van der Waals surface area contributed by atoms with Gasteiger partial charge < -0.3 is 50.0 Å². The minimum absolute atomic E-state index is 0.0473. The van der Waals surface area contributed by atoms with Crippen molar-refractivity contribution in [2.75, 3.05) is 39.0 Å². The minimum Gasteiger partial charge on any atom is -0.493 e. The number of rotatable bonds is 9. The fourth-order valence-electron chi connectivity index (χ4n) is 3.17. The summed E-state index contributed by atoms with van der Waals surface area (Å²) < 4.78 is 15.3. The third-order valence-electron chi connectivity index (χ3n) is 4.95. The molecule has 0 saturated carbocycles. The average Bonchev–Trinajstić information content (AvgIpc) is 3.26. The van der Waals surface area contributed by atoms with E-state index >= 15 is 0 Å². The topological polar surface area (TPSA) is 161 Å². The highest BCUT2D eigenvalue weighted by Gasteiger charge is 2.47. The van der Waals surface area contributed by atoms with Crippen LogP contribution in [0.25, 0.3) is 0 Å². The van der Waals surface area contributed by atoms with Gasteiger partial charge >= 0.3 is 5.97 Å². The second-order valence-electron chi connectivity index (χ2n) is 6.89. The number of thioether (sulfide) groups is 1. The molecule has 1 fully saturated rings. The van der Waals surface area contributed by atoms with E-state index in [1.165, 1.54) is 26.2 Å². The van der Waals surface area contributed by atoms with Gasteiger partial charge in [0.15, 0.2) is 16.6 Å². The summed E-state index contributed by atoms with van der Waals surface area (Å²) in [6.07, 6.45) is -6.93. The van der Waals surface area contributed by atoms with Crippen LogP contribution in [0.3, 0.4) is 0 Å². The number of methoxy groups -OCH3 is 3. The molecule has 0 spiro atoms. The summed E-state index contributed by atoms with van der Waals surface area (Å²) >= 11 is 6.60. The molecule has 13 heteroatoms. The van der Waals surface area contributed by atoms with Crippen LogP contribution in [0.4, 0.5) is 5.69 Å². The molecule has 0 amide bonds. The Kier molecular flexibility index (Phi) is 9.76. The lowest BCUT2D eigenvalue weighted by Crippen LogP contribution is -2.56. The van der Waals surface area contributed by atoms with Gasteiger partial charge in [-0.1, -0.05) is 0 Å². The summed E-state index contributed by atoms with van der Waals surface area (Å²) in [5.41, 5.74) is 0.512. The minimum atomic E-state index is -1.82. The van der Waals surface area contributed by atoms with E-state index in [0.29, 0.717) is 17.2 Å². The molecular formula is C19H28N2O9S2. The number of nitrogens with one attached hydrogen (secondary N) is 1. The smallest absolute Gasteiger partial charge is 0.329 e. The molecule has 32 heavy (non-hydrogen) atoms. The maximum absolute atomic E-state index is 12.3. The number of carbonyl (C=O) groups excluding carboxylic acids is 1. The number of thiocarbonyl (C=S) groups is 1. The number of aliphatic hydroxyl groups is 5. The molecule has 1 aliphatic rings.